The molecule has 2 unspecified atom stereocenters. The van der Waals surface area contributed by atoms with Crippen molar-refractivity contribution in [2.24, 2.45) is 5.92 Å². The van der Waals surface area contributed by atoms with E-state index < -0.39 is 10.8 Å². The van der Waals surface area contributed by atoms with Crippen LogP contribution in [0.25, 0.3) is 0 Å². The van der Waals surface area contributed by atoms with Crippen molar-refractivity contribution in [3.63, 3.8) is 0 Å². The molecule has 0 saturated carbocycles. The summed E-state index contributed by atoms with van der Waals surface area (Å²) in [6.45, 7) is 0.219. The number of hydrogen-bond acceptors (Lipinski definition) is 3. The molecule has 0 aromatic rings. The fourth-order valence-electron chi connectivity index (χ4n) is 2.76. The molecule has 2 rings (SSSR count). The highest BCUT2D eigenvalue weighted by Gasteiger charge is 2.40. The molecular formula is C11H18O3S. The summed E-state index contributed by atoms with van der Waals surface area (Å²) in [5, 5.41) is 0.562. The molecule has 86 valence electrons. The lowest BCUT2D eigenvalue weighted by Crippen LogP contribution is -2.42. The van der Waals surface area contributed by atoms with E-state index in [9.17, 15) is 9.00 Å². The maximum absolute atomic E-state index is 11.9. The fourth-order valence-corrected chi connectivity index (χ4v) is 4.94. The number of Topliss-reactive ketones (excluding diaryl/α,β-unsaturated/α-hetero) is 1. The first-order chi connectivity index (χ1) is 7.22. The molecule has 2 heterocycles. The van der Waals surface area contributed by atoms with Crippen LogP contribution in [0.4, 0.5) is 0 Å². The molecule has 0 aromatic carbocycles. The second-order valence-electron chi connectivity index (χ2n) is 4.57. The van der Waals surface area contributed by atoms with Crippen molar-refractivity contribution in [1.29, 1.82) is 0 Å². The zero-order valence-corrected chi connectivity index (χ0v) is 9.92. The fraction of sp³-hybridized carbons (Fsp3) is 0.909. The van der Waals surface area contributed by atoms with Crippen molar-refractivity contribution in [1.82, 2.24) is 0 Å². The quantitative estimate of drug-likeness (QED) is 0.733. The number of ether oxygens (including phenoxy) is 1. The maximum atomic E-state index is 11.9. The van der Waals surface area contributed by atoms with Crippen LogP contribution >= 0.6 is 0 Å². The number of fused-ring (bicyclic) bond motifs is 2. The third-order valence-electron chi connectivity index (χ3n) is 3.55. The summed E-state index contributed by atoms with van der Waals surface area (Å²) in [4.78, 5) is 11.7. The van der Waals surface area contributed by atoms with E-state index in [1.165, 1.54) is 6.42 Å². The number of ketones is 1. The Morgan fingerprint density at radius 1 is 1.33 bits per heavy atom. The molecule has 15 heavy (non-hydrogen) atoms. The molecule has 2 aliphatic rings. The summed E-state index contributed by atoms with van der Waals surface area (Å²) in [6.07, 6.45) is 4.92. The van der Waals surface area contributed by atoms with Crippen molar-refractivity contribution in [2.75, 3.05) is 13.7 Å². The van der Waals surface area contributed by atoms with E-state index in [1.54, 1.807) is 7.11 Å². The summed E-state index contributed by atoms with van der Waals surface area (Å²) in [5.41, 5.74) is 0. The predicted molar refractivity (Wildman–Crippen MR) is 59.2 cm³/mol. The van der Waals surface area contributed by atoms with Crippen LogP contribution in [-0.4, -0.2) is 34.2 Å². The SMILES string of the molecule is COCC(=O)C1CC2CCCC(C1)S2=O. The largest absolute Gasteiger partial charge is 0.377 e. The average Bonchev–Trinajstić information content (AvgIpc) is 2.17. The highest BCUT2D eigenvalue weighted by Crippen LogP contribution is 2.37. The predicted octanol–water partition coefficient (Wildman–Crippen LogP) is 1.28. The van der Waals surface area contributed by atoms with Gasteiger partial charge in [-0.3, -0.25) is 9.00 Å². The van der Waals surface area contributed by atoms with E-state index in [4.69, 9.17) is 4.74 Å². The summed E-state index contributed by atoms with van der Waals surface area (Å²) in [6, 6.07) is 0. The van der Waals surface area contributed by atoms with Crippen LogP contribution in [-0.2, 0) is 20.3 Å². The summed E-state index contributed by atoms with van der Waals surface area (Å²) in [5.74, 6) is 0.309. The van der Waals surface area contributed by atoms with Gasteiger partial charge in [0.1, 0.15) is 6.61 Å². The first-order valence-corrected chi connectivity index (χ1v) is 6.91. The third kappa shape index (κ3) is 2.31. The van der Waals surface area contributed by atoms with Crippen LogP contribution in [0.15, 0.2) is 0 Å². The van der Waals surface area contributed by atoms with Crippen molar-refractivity contribution >= 4 is 16.6 Å². The minimum absolute atomic E-state index is 0.109. The highest BCUT2D eigenvalue weighted by atomic mass is 32.2. The van der Waals surface area contributed by atoms with Crippen LogP contribution < -0.4 is 0 Å². The van der Waals surface area contributed by atoms with Gasteiger partial charge in [-0.2, -0.15) is 0 Å². The molecule has 0 aliphatic carbocycles. The number of methoxy groups -OCH3 is 1. The summed E-state index contributed by atoms with van der Waals surface area (Å²) >= 11 is 0. The van der Waals surface area contributed by atoms with E-state index in [1.807, 2.05) is 0 Å². The van der Waals surface area contributed by atoms with E-state index in [-0.39, 0.29) is 28.8 Å². The van der Waals surface area contributed by atoms with Crippen molar-refractivity contribution in [3.05, 3.63) is 0 Å². The van der Waals surface area contributed by atoms with Gasteiger partial charge in [0, 0.05) is 34.3 Å². The normalized spacial score (nSPS) is 40.1. The van der Waals surface area contributed by atoms with E-state index in [0.29, 0.717) is 0 Å². The van der Waals surface area contributed by atoms with Gasteiger partial charge in [-0.1, -0.05) is 6.42 Å². The van der Waals surface area contributed by atoms with Gasteiger partial charge >= 0.3 is 0 Å². The monoisotopic (exact) mass is 230 g/mol. The zero-order chi connectivity index (χ0) is 10.8. The molecule has 4 heteroatoms. The smallest absolute Gasteiger partial charge is 0.161 e. The first-order valence-electron chi connectivity index (χ1n) is 5.63. The third-order valence-corrected chi connectivity index (χ3v) is 5.72. The average molecular weight is 230 g/mol. The Kier molecular flexibility index (Phi) is 3.57. The summed E-state index contributed by atoms with van der Waals surface area (Å²) in [7, 11) is 0.885. The Morgan fingerprint density at radius 2 is 1.93 bits per heavy atom. The van der Waals surface area contributed by atoms with Gasteiger partial charge in [0.25, 0.3) is 0 Å². The van der Waals surface area contributed by atoms with Gasteiger partial charge in [0.2, 0.25) is 0 Å². The molecule has 2 aliphatic heterocycles. The maximum Gasteiger partial charge on any atom is 0.161 e. The molecule has 2 bridgehead atoms. The van der Waals surface area contributed by atoms with Crippen LogP contribution in [0.3, 0.4) is 0 Å². The molecule has 2 fully saturated rings. The Balaban J connectivity index is 2.01. The van der Waals surface area contributed by atoms with Gasteiger partial charge < -0.3 is 4.74 Å². The first kappa shape index (κ1) is 11.3. The number of carbonyl (C=O) groups excluding carboxylic acids is 1. The van der Waals surface area contributed by atoms with Gasteiger partial charge in [-0.15, -0.1) is 0 Å². The molecule has 3 nitrogen and oxygen atoms in total. The second-order valence-corrected chi connectivity index (χ2v) is 6.56. The van der Waals surface area contributed by atoms with Gasteiger partial charge in [-0.25, -0.2) is 0 Å². The lowest BCUT2D eigenvalue weighted by molar-refractivity contribution is -0.127. The number of carbonyl (C=O) groups is 1. The Labute approximate surface area is 93.0 Å². The molecule has 0 spiro atoms. The lowest BCUT2D eigenvalue weighted by atomic mass is 9.87. The molecule has 0 radical (unpaired) electrons. The van der Waals surface area contributed by atoms with E-state index >= 15 is 0 Å². The van der Waals surface area contributed by atoms with Crippen LogP contribution in [0.2, 0.25) is 0 Å². The van der Waals surface area contributed by atoms with Crippen molar-refractivity contribution < 1.29 is 13.7 Å². The van der Waals surface area contributed by atoms with Gasteiger partial charge in [0.05, 0.1) is 0 Å². The highest BCUT2D eigenvalue weighted by molar-refractivity contribution is 7.86. The van der Waals surface area contributed by atoms with Gasteiger partial charge in [-0.05, 0) is 25.7 Å². The minimum atomic E-state index is -0.670. The lowest BCUT2D eigenvalue weighted by Gasteiger charge is -2.37. The zero-order valence-electron chi connectivity index (χ0n) is 9.11. The van der Waals surface area contributed by atoms with Gasteiger partial charge in [0.15, 0.2) is 5.78 Å². The standard InChI is InChI=1S/C11H18O3S/c1-14-7-11(12)8-5-9-3-2-4-10(6-8)15(9)13/h8-10H,2-7H2,1H3. The van der Waals surface area contributed by atoms with Crippen LogP contribution in [0, 0.1) is 5.92 Å². The molecule has 2 saturated heterocycles. The second kappa shape index (κ2) is 4.74. The Morgan fingerprint density at radius 3 is 2.47 bits per heavy atom. The Bertz CT molecular complexity index is 261. The minimum Gasteiger partial charge on any atom is -0.377 e. The van der Waals surface area contributed by atoms with Crippen LogP contribution in [0.5, 0.6) is 0 Å². The van der Waals surface area contributed by atoms with Crippen molar-refractivity contribution in [2.45, 2.75) is 42.6 Å². The molecule has 0 aromatic heterocycles. The number of hydrogen-bond donors (Lipinski definition) is 0. The van der Waals surface area contributed by atoms with Crippen molar-refractivity contribution in [3.8, 4) is 0 Å². The van der Waals surface area contributed by atoms with Crippen LogP contribution in [0.1, 0.15) is 32.1 Å². The molecule has 0 N–H and O–H groups in total. The molecule has 2 atom stereocenters. The molecular weight excluding hydrogens is 212 g/mol. The Hall–Kier alpha value is -0.220. The topological polar surface area (TPSA) is 43.4 Å². The van der Waals surface area contributed by atoms with E-state index in [2.05, 4.69) is 0 Å². The summed E-state index contributed by atoms with van der Waals surface area (Å²) < 4.78 is 16.8. The van der Waals surface area contributed by atoms with E-state index in [0.717, 1.165) is 25.7 Å². The number of rotatable bonds is 3. The molecule has 0 amide bonds.